The molecule has 2 heterocycles. The van der Waals surface area contributed by atoms with E-state index in [0.717, 1.165) is 23.3 Å². The molecule has 0 saturated carbocycles. The SMILES string of the molecule is COc1cc(C(=O)O)cc2c1nc(Cc1cc(F)c(-c3cccc(OCc4ccc(C#N)cc4C)n3)cc1F)n2C. The van der Waals surface area contributed by atoms with Crippen LogP contribution in [0.15, 0.2) is 60.7 Å². The van der Waals surface area contributed by atoms with Gasteiger partial charge in [-0.05, 0) is 66.1 Å². The van der Waals surface area contributed by atoms with Gasteiger partial charge in [-0.3, -0.25) is 0 Å². The molecule has 0 spiro atoms. The van der Waals surface area contributed by atoms with Gasteiger partial charge >= 0.3 is 5.97 Å². The summed E-state index contributed by atoms with van der Waals surface area (Å²) in [7, 11) is 3.08. The number of methoxy groups -OCH3 is 1. The summed E-state index contributed by atoms with van der Waals surface area (Å²) in [4.78, 5) is 20.4. The Balaban J connectivity index is 1.40. The second-order valence-corrected chi connectivity index (χ2v) is 9.44. The van der Waals surface area contributed by atoms with Crippen molar-refractivity contribution in [2.45, 2.75) is 20.0 Å². The van der Waals surface area contributed by atoms with Crippen molar-refractivity contribution in [3.63, 3.8) is 0 Å². The van der Waals surface area contributed by atoms with E-state index in [1.807, 2.05) is 6.92 Å². The molecule has 1 N–H and O–H groups in total. The van der Waals surface area contributed by atoms with Gasteiger partial charge in [-0.2, -0.15) is 5.26 Å². The first kappa shape index (κ1) is 27.3. The molecule has 0 aliphatic rings. The van der Waals surface area contributed by atoms with Gasteiger partial charge in [0.2, 0.25) is 5.88 Å². The third-order valence-electron chi connectivity index (χ3n) is 6.84. The number of nitriles is 1. The Kier molecular flexibility index (Phi) is 7.36. The molecule has 0 radical (unpaired) electrons. The van der Waals surface area contributed by atoms with Crippen LogP contribution in [0.2, 0.25) is 0 Å². The number of aromatic nitrogens is 3. The highest BCUT2D eigenvalue weighted by Crippen LogP contribution is 2.30. The van der Waals surface area contributed by atoms with Gasteiger partial charge in [-0.15, -0.1) is 0 Å². The maximum Gasteiger partial charge on any atom is 0.335 e. The predicted octanol–water partition coefficient (Wildman–Crippen LogP) is 5.97. The summed E-state index contributed by atoms with van der Waals surface area (Å²) in [5.41, 5.74) is 3.51. The molecule has 0 amide bonds. The Morgan fingerprint density at radius 2 is 1.85 bits per heavy atom. The number of halogens is 2. The molecular formula is C31H24F2N4O4. The van der Waals surface area contributed by atoms with Crippen LogP contribution < -0.4 is 9.47 Å². The number of pyridine rings is 1. The van der Waals surface area contributed by atoms with Crippen LogP contribution in [-0.4, -0.2) is 32.7 Å². The number of carboxylic acids is 1. The van der Waals surface area contributed by atoms with Crippen molar-refractivity contribution in [2.75, 3.05) is 7.11 Å². The lowest BCUT2D eigenvalue weighted by molar-refractivity contribution is 0.0696. The van der Waals surface area contributed by atoms with Crippen molar-refractivity contribution in [3.05, 3.63) is 106 Å². The number of aromatic carboxylic acids is 1. The van der Waals surface area contributed by atoms with Crippen molar-refractivity contribution in [1.29, 1.82) is 5.26 Å². The van der Waals surface area contributed by atoms with E-state index in [2.05, 4.69) is 16.0 Å². The highest BCUT2D eigenvalue weighted by atomic mass is 19.1. The Hall–Kier alpha value is -5.30. The number of fused-ring (bicyclic) bond motifs is 1. The fourth-order valence-corrected chi connectivity index (χ4v) is 4.56. The van der Waals surface area contributed by atoms with E-state index in [1.165, 1.54) is 19.2 Å². The van der Waals surface area contributed by atoms with E-state index in [0.29, 0.717) is 22.4 Å². The molecule has 0 fully saturated rings. The van der Waals surface area contributed by atoms with E-state index in [-0.39, 0.29) is 47.0 Å². The van der Waals surface area contributed by atoms with Gasteiger partial charge in [-0.25, -0.2) is 23.5 Å². The zero-order valence-electron chi connectivity index (χ0n) is 22.4. The topological polar surface area (TPSA) is 110 Å². The first-order chi connectivity index (χ1) is 19.7. The van der Waals surface area contributed by atoms with Crippen molar-refractivity contribution in [2.24, 2.45) is 7.05 Å². The normalized spacial score (nSPS) is 10.9. The highest BCUT2D eigenvalue weighted by Gasteiger charge is 2.19. The average molecular weight is 555 g/mol. The third kappa shape index (κ3) is 5.43. The Morgan fingerprint density at radius 1 is 1.05 bits per heavy atom. The number of imidazole rings is 1. The number of ether oxygens (including phenoxy) is 2. The fraction of sp³-hybridized carbons (Fsp3) is 0.161. The van der Waals surface area contributed by atoms with Gasteiger partial charge in [0.25, 0.3) is 0 Å². The zero-order chi connectivity index (χ0) is 29.3. The molecule has 8 nitrogen and oxygen atoms in total. The first-order valence-electron chi connectivity index (χ1n) is 12.5. The molecule has 0 bridgehead atoms. The monoisotopic (exact) mass is 554 g/mol. The van der Waals surface area contributed by atoms with Crippen LogP contribution in [0.3, 0.4) is 0 Å². The van der Waals surface area contributed by atoms with Gasteiger partial charge in [0.05, 0.1) is 35.5 Å². The van der Waals surface area contributed by atoms with Gasteiger partial charge in [-0.1, -0.05) is 12.1 Å². The molecule has 41 heavy (non-hydrogen) atoms. The molecule has 0 aliphatic heterocycles. The number of hydrogen-bond acceptors (Lipinski definition) is 6. The predicted molar refractivity (Wildman–Crippen MR) is 147 cm³/mol. The van der Waals surface area contributed by atoms with E-state index < -0.39 is 17.6 Å². The number of rotatable bonds is 8. The summed E-state index contributed by atoms with van der Waals surface area (Å²) in [5.74, 6) is -1.52. The molecule has 5 rings (SSSR count). The molecule has 0 saturated heterocycles. The van der Waals surface area contributed by atoms with Gasteiger partial charge < -0.3 is 19.1 Å². The van der Waals surface area contributed by atoms with Gasteiger partial charge in [0.1, 0.15) is 35.3 Å². The van der Waals surface area contributed by atoms with Crippen LogP contribution in [0.25, 0.3) is 22.3 Å². The summed E-state index contributed by atoms with van der Waals surface area (Å²) in [6.45, 7) is 2.07. The van der Waals surface area contributed by atoms with E-state index in [1.54, 1.807) is 48.0 Å². The number of carboxylic acid groups (broad SMARTS) is 1. The number of hydrogen-bond donors (Lipinski definition) is 1. The maximum atomic E-state index is 15.3. The Labute approximate surface area is 234 Å². The zero-order valence-corrected chi connectivity index (χ0v) is 22.4. The second-order valence-electron chi connectivity index (χ2n) is 9.44. The molecule has 0 aliphatic carbocycles. The molecule has 3 aromatic carbocycles. The molecule has 0 unspecified atom stereocenters. The summed E-state index contributed by atoms with van der Waals surface area (Å²) in [6.07, 6.45) is -0.0414. The van der Waals surface area contributed by atoms with Crippen molar-refractivity contribution < 1.29 is 28.2 Å². The van der Waals surface area contributed by atoms with Crippen LogP contribution in [0.4, 0.5) is 8.78 Å². The first-order valence-corrected chi connectivity index (χ1v) is 12.5. The second kappa shape index (κ2) is 11.1. The smallest absolute Gasteiger partial charge is 0.335 e. The number of nitrogens with zero attached hydrogens (tertiary/aromatic N) is 4. The molecule has 0 atom stereocenters. The van der Waals surface area contributed by atoms with E-state index in [4.69, 9.17) is 14.7 Å². The average Bonchev–Trinajstić information content (AvgIpc) is 3.28. The molecular weight excluding hydrogens is 530 g/mol. The lowest BCUT2D eigenvalue weighted by Gasteiger charge is -2.11. The van der Waals surface area contributed by atoms with Gasteiger partial charge in [0.15, 0.2) is 0 Å². The number of benzene rings is 3. The fourth-order valence-electron chi connectivity index (χ4n) is 4.56. The molecule has 206 valence electrons. The maximum absolute atomic E-state index is 15.3. The standard InChI is InChI=1S/C31H24F2N4O4/c1-17-9-18(15-34)7-8-19(17)16-41-29-6-4-5-25(35-29)22-14-23(32)20(10-24(22)33)13-28-36-30-26(37(28)2)11-21(31(38)39)12-27(30)40-3/h4-12,14H,13,16H2,1-3H3,(H,38,39). The van der Waals surface area contributed by atoms with Crippen LogP contribution in [0.5, 0.6) is 11.6 Å². The molecule has 5 aromatic rings. The summed E-state index contributed by atoms with van der Waals surface area (Å²) < 4.78 is 43.3. The molecule has 2 aromatic heterocycles. The Morgan fingerprint density at radius 3 is 2.56 bits per heavy atom. The lowest BCUT2D eigenvalue weighted by atomic mass is 10.0. The minimum absolute atomic E-state index is 0.0241. The minimum Gasteiger partial charge on any atom is -0.494 e. The molecule has 10 heteroatoms. The minimum atomic E-state index is -1.12. The number of carbonyl (C=O) groups is 1. The van der Waals surface area contributed by atoms with Crippen LogP contribution in [0, 0.1) is 29.9 Å². The quantitative estimate of drug-likeness (QED) is 0.252. The van der Waals surface area contributed by atoms with Crippen molar-refractivity contribution in [1.82, 2.24) is 14.5 Å². The third-order valence-corrected chi connectivity index (χ3v) is 6.84. The van der Waals surface area contributed by atoms with Crippen molar-refractivity contribution >= 4 is 17.0 Å². The highest BCUT2D eigenvalue weighted by molar-refractivity contribution is 5.95. The largest absolute Gasteiger partial charge is 0.494 e. The van der Waals surface area contributed by atoms with Crippen LogP contribution >= 0.6 is 0 Å². The van der Waals surface area contributed by atoms with E-state index in [9.17, 15) is 9.90 Å². The number of aryl methyl sites for hydroxylation is 2. The van der Waals surface area contributed by atoms with Crippen LogP contribution in [-0.2, 0) is 20.1 Å². The Bertz CT molecular complexity index is 1860. The summed E-state index contributed by atoms with van der Waals surface area (Å²) >= 11 is 0. The summed E-state index contributed by atoms with van der Waals surface area (Å²) in [5, 5.41) is 18.5. The van der Waals surface area contributed by atoms with Crippen molar-refractivity contribution in [3.8, 4) is 29.0 Å². The summed E-state index contributed by atoms with van der Waals surface area (Å²) in [6, 6.07) is 17.2. The van der Waals surface area contributed by atoms with E-state index >= 15 is 8.78 Å². The lowest BCUT2D eigenvalue weighted by Crippen LogP contribution is -2.03. The van der Waals surface area contributed by atoms with Crippen LogP contribution in [0.1, 0.15) is 38.4 Å². The van der Waals surface area contributed by atoms with Gasteiger partial charge in [0, 0.05) is 25.1 Å².